The van der Waals surface area contributed by atoms with Gasteiger partial charge in [0.05, 0.1) is 6.26 Å². The van der Waals surface area contributed by atoms with Crippen LogP contribution in [0.15, 0.2) is 22.8 Å². The maximum absolute atomic E-state index is 11.9. The molecule has 0 bridgehead atoms. The second-order valence-electron chi connectivity index (χ2n) is 4.87. The summed E-state index contributed by atoms with van der Waals surface area (Å²) >= 11 is 0. The smallest absolute Gasteiger partial charge is 0.293 e. The third-order valence-electron chi connectivity index (χ3n) is 3.45. The Hall–Kier alpha value is -2.15. The minimum Gasteiger partial charge on any atom is -0.459 e. The number of hydrogen-bond acceptors (Lipinski definition) is 5. The van der Waals surface area contributed by atoms with Crippen LogP contribution < -0.4 is 10.6 Å². The Kier molecular flexibility index (Phi) is 3.51. The molecular weight excluding hydrogens is 258 g/mol. The van der Waals surface area contributed by atoms with Gasteiger partial charge >= 0.3 is 0 Å². The molecule has 1 aliphatic heterocycles. The molecule has 0 aromatic carbocycles. The standard InChI is InChI=1S/C13H17N5O2/c1-18-13(16-12(19)10-3-2-8-20-10)15-11(17-18)9-4-6-14-7-5-9/h2-3,8-9,14H,4-7H2,1H3,(H,15,16,17,19). The lowest BCUT2D eigenvalue weighted by Gasteiger charge is -2.19. The van der Waals surface area contributed by atoms with E-state index in [0.29, 0.717) is 11.9 Å². The van der Waals surface area contributed by atoms with E-state index in [1.165, 1.54) is 6.26 Å². The van der Waals surface area contributed by atoms with Crippen molar-refractivity contribution in [2.75, 3.05) is 18.4 Å². The molecule has 20 heavy (non-hydrogen) atoms. The van der Waals surface area contributed by atoms with Gasteiger partial charge in [-0.1, -0.05) is 0 Å². The number of aryl methyl sites for hydroxylation is 1. The van der Waals surface area contributed by atoms with E-state index in [1.54, 1.807) is 23.9 Å². The lowest BCUT2D eigenvalue weighted by molar-refractivity contribution is 0.0995. The van der Waals surface area contributed by atoms with Crippen LogP contribution >= 0.6 is 0 Å². The molecule has 2 N–H and O–H groups in total. The molecule has 0 radical (unpaired) electrons. The van der Waals surface area contributed by atoms with Crippen LogP contribution in [0, 0.1) is 0 Å². The third-order valence-corrected chi connectivity index (χ3v) is 3.45. The van der Waals surface area contributed by atoms with Crippen molar-refractivity contribution in [1.29, 1.82) is 0 Å². The van der Waals surface area contributed by atoms with E-state index in [1.807, 2.05) is 0 Å². The Bertz CT molecular complexity index is 584. The second-order valence-corrected chi connectivity index (χ2v) is 4.87. The molecule has 0 saturated carbocycles. The van der Waals surface area contributed by atoms with Crippen molar-refractivity contribution in [1.82, 2.24) is 20.1 Å². The van der Waals surface area contributed by atoms with Gasteiger partial charge in [-0.3, -0.25) is 10.1 Å². The Morgan fingerprint density at radius 1 is 1.50 bits per heavy atom. The van der Waals surface area contributed by atoms with Crippen molar-refractivity contribution in [2.24, 2.45) is 7.05 Å². The van der Waals surface area contributed by atoms with Crippen LogP contribution in [0.5, 0.6) is 0 Å². The van der Waals surface area contributed by atoms with Crippen molar-refractivity contribution >= 4 is 11.9 Å². The number of carbonyl (C=O) groups is 1. The minimum absolute atomic E-state index is 0.261. The fourth-order valence-electron chi connectivity index (χ4n) is 2.34. The quantitative estimate of drug-likeness (QED) is 0.877. The maximum Gasteiger partial charge on any atom is 0.293 e. The second kappa shape index (κ2) is 5.46. The first-order chi connectivity index (χ1) is 9.74. The van der Waals surface area contributed by atoms with Crippen LogP contribution in [0.3, 0.4) is 0 Å². The number of nitrogens with zero attached hydrogens (tertiary/aromatic N) is 3. The van der Waals surface area contributed by atoms with E-state index < -0.39 is 0 Å². The van der Waals surface area contributed by atoms with Crippen LogP contribution in [-0.2, 0) is 7.05 Å². The number of rotatable bonds is 3. The van der Waals surface area contributed by atoms with E-state index >= 15 is 0 Å². The van der Waals surface area contributed by atoms with E-state index in [9.17, 15) is 4.79 Å². The predicted octanol–water partition coefficient (Wildman–Crippen LogP) is 1.13. The summed E-state index contributed by atoms with van der Waals surface area (Å²) in [5, 5.41) is 10.4. The van der Waals surface area contributed by atoms with Gasteiger partial charge in [0.1, 0.15) is 0 Å². The fourth-order valence-corrected chi connectivity index (χ4v) is 2.34. The Balaban J connectivity index is 1.73. The average Bonchev–Trinajstić information content (AvgIpc) is 3.10. The molecule has 2 aromatic rings. The van der Waals surface area contributed by atoms with Gasteiger partial charge < -0.3 is 9.73 Å². The Morgan fingerprint density at radius 3 is 3.00 bits per heavy atom. The summed E-state index contributed by atoms with van der Waals surface area (Å²) in [6.07, 6.45) is 3.51. The lowest BCUT2D eigenvalue weighted by Crippen LogP contribution is -2.27. The van der Waals surface area contributed by atoms with Crippen molar-refractivity contribution in [3.63, 3.8) is 0 Å². The zero-order valence-corrected chi connectivity index (χ0v) is 11.3. The fraction of sp³-hybridized carbons (Fsp3) is 0.462. The first-order valence-electron chi connectivity index (χ1n) is 6.70. The minimum atomic E-state index is -0.317. The highest BCUT2D eigenvalue weighted by Gasteiger charge is 2.21. The van der Waals surface area contributed by atoms with E-state index in [0.717, 1.165) is 31.8 Å². The van der Waals surface area contributed by atoms with Gasteiger partial charge in [-0.25, -0.2) is 4.68 Å². The molecule has 7 heteroatoms. The monoisotopic (exact) mass is 275 g/mol. The molecule has 1 aliphatic rings. The maximum atomic E-state index is 11.9. The highest BCUT2D eigenvalue weighted by atomic mass is 16.3. The van der Waals surface area contributed by atoms with Crippen LogP contribution in [0.25, 0.3) is 0 Å². The zero-order chi connectivity index (χ0) is 13.9. The van der Waals surface area contributed by atoms with Gasteiger partial charge in [-0.05, 0) is 38.1 Å². The van der Waals surface area contributed by atoms with Crippen LogP contribution in [0.2, 0.25) is 0 Å². The van der Waals surface area contributed by atoms with Crippen molar-refractivity contribution < 1.29 is 9.21 Å². The molecule has 3 rings (SSSR count). The molecule has 2 aromatic heterocycles. The van der Waals surface area contributed by atoms with Crippen LogP contribution in [0.4, 0.5) is 5.95 Å². The summed E-state index contributed by atoms with van der Waals surface area (Å²) in [6.45, 7) is 1.97. The van der Waals surface area contributed by atoms with Crippen molar-refractivity contribution in [2.45, 2.75) is 18.8 Å². The summed E-state index contributed by atoms with van der Waals surface area (Å²) in [7, 11) is 1.77. The lowest BCUT2D eigenvalue weighted by atomic mass is 9.98. The Labute approximate surface area is 116 Å². The Morgan fingerprint density at radius 2 is 2.30 bits per heavy atom. The van der Waals surface area contributed by atoms with Crippen molar-refractivity contribution in [3.8, 4) is 0 Å². The summed E-state index contributed by atoms with van der Waals surface area (Å²) in [4.78, 5) is 16.4. The van der Waals surface area contributed by atoms with Gasteiger partial charge in [0.2, 0.25) is 5.95 Å². The number of furan rings is 1. The summed E-state index contributed by atoms with van der Waals surface area (Å²) in [5.74, 6) is 1.54. The number of nitrogens with one attached hydrogen (secondary N) is 2. The van der Waals surface area contributed by atoms with Crippen LogP contribution in [0.1, 0.15) is 35.1 Å². The van der Waals surface area contributed by atoms with Gasteiger partial charge in [0, 0.05) is 13.0 Å². The van der Waals surface area contributed by atoms with Gasteiger partial charge in [-0.2, -0.15) is 10.1 Å². The molecule has 106 valence electrons. The zero-order valence-electron chi connectivity index (χ0n) is 11.3. The molecule has 3 heterocycles. The topological polar surface area (TPSA) is 85.0 Å². The number of anilines is 1. The average molecular weight is 275 g/mol. The normalized spacial score (nSPS) is 16.2. The molecule has 7 nitrogen and oxygen atoms in total. The summed E-state index contributed by atoms with van der Waals surface area (Å²) in [6, 6.07) is 3.28. The van der Waals surface area contributed by atoms with E-state index in [2.05, 4.69) is 20.7 Å². The first kappa shape index (κ1) is 12.9. The molecule has 0 aliphatic carbocycles. The highest BCUT2D eigenvalue weighted by molar-refractivity contribution is 6.01. The molecule has 0 unspecified atom stereocenters. The van der Waals surface area contributed by atoms with Crippen molar-refractivity contribution in [3.05, 3.63) is 30.0 Å². The molecule has 1 amide bonds. The number of amides is 1. The predicted molar refractivity (Wildman–Crippen MR) is 72.5 cm³/mol. The van der Waals surface area contributed by atoms with E-state index in [4.69, 9.17) is 4.42 Å². The van der Waals surface area contributed by atoms with Crippen LogP contribution in [-0.4, -0.2) is 33.8 Å². The number of hydrogen-bond donors (Lipinski definition) is 2. The van der Waals surface area contributed by atoms with E-state index in [-0.39, 0.29) is 11.7 Å². The molecule has 0 spiro atoms. The summed E-state index contributed by atoms with van der Waals surface area (Å²) in [5.41, 5.74) is 0. The number of aromatic nitrogens is 3. The molecular formula is C13H17N5O2. The largest absolute Gasteiger partial charge is 0.459 e. The molecule has 0 atom stereocenters. The number of piperidine rings is 1. The third kappa shape index (κ3) is 2.57. The summed E-state index contributed by atoms with van der Waals surface area (Å²) < 4.78 is 6.65. The van der Waals surface area contributed by atoms with Gasteiger partial charge in [-0.15, -0.1) is 0 Å². The van der Waals surface area contributed by atoms with Gasteiger partial charge in [0.15, 0.2) is 11.6 Å². The molecule has 1 saturated heterocycles. The highest BCUT2D eigenvalue weighted by Crippen LogP contribution is 2.23. The first-order valence-corrected chi connectivity index (χ1v) is 6.70. The number of carbonyl (C=O) groups excluding carboxylic acids is 1. The van der Waals surface area contributed by atoms with Gasteiger partial charge in [0.25, 0.3) is 5.91 Å². The SMILES string of the molecule is Cn1nc(C2CCNCC2)nc1NC(=O)c1ccco1. The molecule has 1 fully saturated rings.